The lowest BCUT2D eigenvalue weighted by Crippen LogP contribution is -2.40. The molecule has 1 aliphatic rings. The van der Waals surface area contributed by atoms with Gasteiger partial charge in [0.2, 0.25) is 5.58 Å². The van der Waals surface area contributed by atoms with Crippen molar-refractivity contribution in [1.82, 2.24) is 0 Å². The third kappa shape index (κ3) is 1.48. The van der Waals surface area contributed by atoms with Crippen molar-refractivity contribution in [1.29, 1.82) is 0 Å². The van der Waals surface area contributed by atoms with Crippen LogP contribution in [0.1, 0.15) is 13.0 Å². The molecule has 3 nitrogen and oxygen atoms in total. The zero-order chi connectivity index (χ0) is 12.8. The first-order valence-electron chi connectivity index (χ1n) is 6.50. The summed E-state index contributed by atoms with van der Waals surface area (Å²) in [6.07, 6.45) is 0. The molecule has 3 heteroatoms. The Morgan fingerprint density at radius 1 is 1.05 bits per heavy atom. The second-order valence-corrected chi connectivity index (χ2v) is 4.90. The van der Waals surface area contributed by atoms with Crippen LogP contribution in [0, 0.1) is 0 Å². The van der Waals surface area contributed by atoms with Gasteiger partial charge in [0.05, 0.1) is 0 Å². The summed E-state index contributed by atoms with van der Waals surface area (Å²) in [7, 11) is 0. The molecule has 2 aromatic carbocycles. The van der Waals surface area contributed by atoms with Gasteiger partial charge in [-0.25, -0.2) is 0 Å². The molecule has 0 bridgehead atoms. The maximum Gasteiger partial charge on any atom is 0.385 e. The van der Waals surface area contributed by atoms with Crippen LogP contribution in [0.2, 0.25) is 0 Å². The van der Waals surface area contributed by atoms with E-state index in [2.05, 4.69) is 17.6 Å². The fourth-order valence-corrected chi connectivity index (χ4v) is 2.68. The SMILES string of the molecule is CC1COc2ccccc2-c2oc3ccccc3[n+]21. The average Bonchev–Trinajstić information content (AvgIpc) is 2.78. The van der Waals surface area contributed by atoms with Crippen molar-refractivity contribution in [2.24, 2.45) is 0 Å². The monoisotopic (exact) mass is 252 g/mol. The Kier molecular flexibility index (Phi) is 2.15. The molecule has 19 heavy (non-hydrogen) atoms. The van der Waals surface area contributed by atoms with E-state index in [0.717, 1.165) is 28.3 Å². The molecule has 0 fully saturated rings. The van der Waals surface area contributed by atoms with Crippen molar-refractivity contribution in [3.63, 3.8) is 0 Å². The van der Waals surface area contributed by atoms with E-state index < -0.39 is 0 Å². The maximum atomic E-state index is 6.05. The van der Waals surface area contributed by atoms with Crippen LogP contribution >= 0.6 is 0 Å². The van der Waals surface area contributed by atoms with Gasteiger partial charge in [0.25, 0.3) is 5.52 Å². The zero-order valence-electron chi connectivity index (χ0n) is 10.7. The van der Waals surface area contributed by atoms with Crippen LogP contribution in [-0.4, -0.2) is 6.61 Å². The van der Waals surface area contributed by atoms with E-state index in [4.69, 9.17) is 9.15 Å². The van der Waals surface area contributed by atoms with Gasteiger partial charge in [-0.05, 0) is 18.2 Å². The molecule has 3 aromatic rings. The van der Waals surface area contributed by atoms with Gasteiger partial charge < -0.3 is 9.15 Å². The van der Waals surface area contributed by atoms with Crippen molar-refractivity contribution in [3.05, 3.63) is 48.5 Å². The molecule has 0 saturated heterocycles. The summed E-state index contributed by atoms with van der Waals surface area (Å²) in [6, 6.07) is 16.4. The first kappa shape index (κ1) is 10.6. The lowest BCUT2D eigenvalue weighted by molar-refractivity contribution is -0.687. The number of hydrogen-bond acceptors (Lipinski definition) is 2. The molecule has 0 aliphatic carbocycles. The summed E-state index contributed by atoms with van der Waals surface area (Å²) >= 11 is 0. The molecule has 2 heterocycles. The number of rotatable bonds is 0. The standard InChI is InChI=1S/C16H14NO2/c1-11-10-18-14-8-4-2-6-12(14)16-17(11)13-7-3-5-9-15(13)19-16/h2-9,11H,10H2,1H3/q+1. The normalized spacial score (nSPS) is 17.4. The first-order chi connectivity index (χ1) is 9.34. The number of benzene rings is 2. The number of hydrogen-bond donors (Lipinski definition) is 0. The van der Waals surface area contributed by atoms with Crippen molar-refractivity contribution in [3.8, 4) is 17.2 Å². The summed E-state index contributed by atoms with van der Waals surface area (Å²) in [4.78, 5) is 0. The zero-order valence-corrected chi connectivity index (χ0v) is 10.7. The Hall–Kier alpha value is -2.29. The fraction of sp³-hybridized carbons (Fsp3) is 0.188. The predicted octanol–water partition coefficient (Wildman–Crippen LogP) is 3.34. The number of aromatic nitrogens is 1. The fourth-order valence-electron chi connectivity index (χ4n) is 2.68. The second-order valence-electron chi connectivity index (χ2n) is 4.90. The molecule has 1 aliphatic heterocycles. The Morgan fingerprint density at radius 3 is 2.79 bits per heavy atom. The third-order valence-corrected chi connectivity index (χ3v) is 3.59. The minimum absolute atomic E-state index is 0.242. The average molecular weight is 252 g/mol. The minimum Gasteiger partial charge on any atom is -0.486 e. The number of fused-ring (bicyclic) bond motifs is 5. The van der Waals surface area contributed by atoms with E-state index in [9.17, 15) is 0 Å². The molecule has 4 rings (SSSR count). The van der Waals surface area contributed by atoms with Gasteiger partial charge in [0, 0.05) is 13.0 Å². The Morgan fingerprint density at radius 2 is 1.84 bits per heavy atom. The molecule has 1 unspecified atom stereocenters. The molecular weight excluding hydrogens is 238 g/mol. The van der Waals surface area contributed by atoms with Crippen LogP contribution in [0.3, 0.4) is 0 Å². The van der Waals surface area contributed by atoms with Crippen LogP contribution < -0.4 is 9.30 Å². The summed E-state index contributed by atoms with van der Waals surface area (Å²) in [5, 5.41) is 0. The van der Waals surface area contributed by atoms with E-state index in [1.807, 2.05) is 42.5 Å². The molecule has 0 amide bonds. The smallest absolute Gasteiger partial charge is 0.385 e. The molecule has 94 valence electrons. The van der Waals surface area contributed by atoms with E-state index in [-0.39, 0.29) is 6.04 Å². The highest BCUT2D eigenvalue weighted by Crippen LogP contribution is 2.33. The largest absolute Gasteiger partial charge is 0.486 e. The summed E-state index contributed by atoms with van der Waals surface area (Å²) in [5.74, 6) is 1.77. The van der Waals surface area contributed by atoms with Gasteiger partial charge in [-0.15, -0.1) is 0 Å². The van der Waals surface area contributed by atoms with Gasteiger partial charge in [-0.1, -0.05) is 24.3 Å². The summed E-state index contributed by atoms with van der Waals surface area (Å²) in [5.41, 5.74) is 3.05. The highest BCUT2D eigenvalue weighted by Gasteiger charge is 2.33. The van der Waals surface area contributed by atoms with Crippen LogP contribution in [-0.2, 0) is 0 Å². The predicted molar refractivity (Wildman–Crippen MR) is 72.1 cm³/mol. The quantitative estimate of drug-likeness (QED) is 0.573. The number of ether oxygens (including phenoxy) is 1. The topological polar surface area (TPSA) is 26.2 Å². The van der Waals surface area contributed by atoms with Crippen molar-refractivity contribution < 1.29 is 13.7 Å². The molecule has 0 spiro atoms. The highest BCUT2D eigenvalue weighted by atomic mass is 16.5. The van der Waals surface area contributed by atoms with E-state index in [0.29, 0.717) is 6.61 Å². The summed E-state index contributed by atoms with van der Waals surface area (Å²) < 4.78 is 14.1. The van der Waals surface area contributed by atoms with Crippen molar-refractivity contribution >= 4 is 11.1 Å². The molecule has 1 atom stereocenters. The van der Waals surface area contributed by atoms with Gasteiger partial charge in [-0.3, -0.25) is 0 Å². The maximum absolute atomic E-state index is 6.05. The van der Waals surface area contributed by atoms with E-state index in [1.54, 1.807) is 0 Å². The van der Waals surface area contributed by atoms with Gasteiger partial charge in [-0.2, -0.15) is 4.57 Å². The number of para-hydroxylation sites is 3. The van der Waals surface area contributed by atoms with Crippen LogP contribution in [0.25, 0.3) is 22.6 Å². The van der Waals surface area contributed by atoms with Gasteiger partial charge in [0.1, 0.15) is 17.9 Å². The third-order valence-electron chi connectivity index (χ3n) is 3.59. The molecular formula is C16H14NO2+. The minimum atomic E-state index is 0.242. The van der Waals surface area contributed by atoms with Crippen LogP contribution in [0.15, 0.2) is 52.9 Å². The van der Waals surface area contributed by atoms with E-state index >= 15 is 0 Å². The van der Waals surface area contributed by atoms with Crippen molar-refractivity contribution in [2.75, 3.05) is 6.61 Å². The van der Waals surface area contributed by atoms with Gasteiger partial charge in [0.15, 0.2) is 6.04 Å². The van der Waals surface area contributed by atoms with Crippen molar-refractivity contribution in [2.45, 2.75) is 13.0 Å². The highest BCUT2D eigenvalue weighted by molar-refractivity contribution is 5.73. The Labute approximate surface area is 111 Å². The molecule has 0 radical (unpaired) electrons. The number of nitrogens with zero attached hydrogens (tertiary/aromatic N) is 1. The lowest BCUT2D eigenvalue weighted by atomic mass is 10.2. The summed E-state index contributed by atoms with van der Waals surface area (Å²) in [6.45, 7) is 2.80. The second kappa shape index (κ2) is 3.85. The molecule has 1 aromatic heterocycles. The first-order valence-corrected chi connectivity index (χ1v) is 6.50. The lowest BCUT2D eigenvalue weighted by Gasteiger charge is -2.04. The van der Waals surface area contributed by atoms with Gasteiger partial charge >= 0.3 is 5.89 Å². The molecule has 0 saturated carbocycles. The van der Waals surface area contributed by atoms with Crippen LogP contribution in [0.5, 0.6) is 5.75 Å². The number of oxazole rings is 1. The molecule has 0 N–H and O–H groups in total. The van der Waals surface area contributed by atoms with E-state index in [1.165, 1.54) is 0 Å². The van der Waals surface area contributed by atoms with Crippen LogP contribution in [0.4, 0.5) is 0 Å². The Balaban J connectivity index is 2.11. The Bertz CT molecular complexity index is 760.